The van der Waals surface area contributed by atoms with Gasteiger partial charge in [0.15, 0.2) is 0 Å². The molecule has 0 aromatic rings. The summed E-state index contributed by atoms with van der Waals surface area (Å²) >= 11 is 0. The SMILES string of the molecule is CC1C[S+]([O-])SC1C. The van der Waals surface area contributed by atoms with Crippen molar-refractivity contribution in [3.05, 3.63) is 0 Å². The highest BCUT2D eigenvalue weighted by Gasteiger charge is 2.31. The van der Waals surface area contributed by atoms with E-state index in [2.05, 4.69) is 13.8 Å². The zero-order valence-electron chi connectivity index (χ0n) is 5.09. The van der Waals surface area contributed by atoms with Gasteiger partial charge in [-0.05, 0) is 6.92 Å². The zero-order valence-corrected chi connectivity index (χ0v) is 6.72. The van der Waals surface area contributed by atoms with Gasteiger partial charge in [-0.2, -0.15) is 0 Å². The number of rotatable bonds is 0. The Hall–Kier alpha value is 0.660. The van der Waals surface area contributed by atoms with Crippen LogP contribution in [0.25, 0.3) is 0 Å². The van der Waals surface area contributed by atoms with E-state index in [9.17, 15) is 4.55 Å². The summed E-state index contributed by atoms with van der Waals surface area (Å²) in [5.41, 5.74) is 0. The van der Waals surface area contributed by atoms with Crippen molar-refractivity contribution >= 4 is 21.0 Å². The third-order valence-corrected chi connectivity index (χ3v) is 5.20. The van der Waals surface area contributed by atoms with Crippen LogP contribution in [0.2, 0.25) is 0 Å². The van der Waals surface area contributed by atoms with E-state index >= 15 is 0 Å². The van der Waals surface area contributed by atoms with Gasteiger partial charge >= 0.3 is 0 Å². The molecular formula is C5H10OS2. The molecule has 3 heteroatoms. The van der Waals surface area contributed by atoms with E-state index in [1.165, 1.54) is 0 Å². The molecule has 0 aromatic heterocycles. The highest BCUT2D eigenvalue weighted by molar-refractivity contribution is 8.72. The van der Waals surface area contributed by atoms with Gasteiger partial charge in [-0.25, -0.2) is 0 Å². The fourth-order valence-electron chi connectivity index (χ4n) is 0.654. The molecule has 3 unspecified atom stereocenters. The topological polar surface area (TPSA) is 23.1 Å². The Bertz CT molecular complexity index is 76.5. The molecule has 1 saturated heterocycles. The lowest BCUT2D eigenvalue weighted by molar-refractivity contribution is 0.593. The van der Waals surface area contributed by atoms with Gasteiger partial charge in [-0.1, -0.05) is 6.92 Å². The van der Waals surface area contributed by atoms with E-state index in [4.69, 9.17) is 0 Å². The molecule has 1 aliphatic heterocycles. The van der Waals surface area contributed by atoms with Gasteiger partial charge in [-0.15, -0.1) is 0 Å². The summed E-state index contributed by atoms with van der Waals surface area (Å²) in [5, 5.41) is 0.607. The van der Waals surface area contributed by atoms with E-state index in [1.807, 2.05) is 0 Å². The summed E-state index contributed by atoms with van der Waals surface area (Å²) in [7, 11) is 1.03. The molecule has 3 atom stereocenters. The molecule has 8 heavy (non-hydrogen) atoms. The first-order chi connectivity index (χ1) is 3.70. The first-order valence-electron chi connectivity index (χ1n) is 2.75. The van der Waals surface area contributed by atoms with Crippen molar-refractivity contribution in [3.8, 4) is 0 Å². The van der Waals surface area contributed by atoms with Crippen LogP contribution in [0.3, 0.4) is 0 Å². The van der Waals surface area contributed by atoms with Gasteiger partial charge in [-0.3, -0.25) is 0 Å². The quantitative estimate of drug-likeness (QED) is 0.385. The molecule has 1 heterocycles. The van der Waals surface area contributed by atoms with Gasteiger partial charge in [0, 0.05) is 16.1 Å². The minimum atomic E-state index is -0.566. The Balaban J connectivity index is 2.39. The normalized spacial score (nSPS) is 47.6. The summed E-state index contributed by atoms with van der Waals surface area (Å²) in [6.45, 7) is 4.29. The van der Waals surface area contributed by atoms with E-state index in [0.717, 1.165) is 5.75 Å². The second-order valence-corrected chi connectivity index (χ2v) is 5.82. The first-order valence-corrected chi connectivity index (χ1v) is 5.47. The monoisotopic (exact) mass is 150 g/mol. The minimum absolute atomic E-state index is 0.566. The first kappa shape index (κ1) is 6.78. The third-order valence-electron chi connectivity index (χ3n) is 1.46. The van der Waals surface area contributed by atoms with E-state index < -0.39 is 10.2 Å². The number of hydrogen-bond donors (Lipinski definition) is 0. The van der Waals surface area contributed by atoms with Crippen molar-refractivity contribution in [2.75, 3.05) is 5.75 Å². The predicted molar refractivity (Wildman–Crippen MR) is 39.2 cm³/mol. The molecule has 0 N–H and O–H groups in total. The number of hydrogen-bond acceptors (Lipinski definition) is 2. The summed E-state index contributed by atoms with van der Waals surface area (Å²) in [4.78, 5) is 0. The molecule has 0 saturated carbocycles. The van der Waals surface area contributed by atoms with Crippen LogP contribution < -0.4 is 0 Å². The highest BCUT2D eigenvalue weighted by atomic mass is 33.1. The van der Waals surface area contributed by atoms with Crippen LogP contribution >= 0.6 is 10.8 Å². The Morgan fingerprint density at radius 1 is 1.62 bits per heavy atom. The maximum absolute atomic E-state index is 10.7. The average molecular weight is 150 g/mol. The molecule has 0 aliphatic carbocycles. The van der Waals surface area contributed by atoms with Crippen LogP contribution in [-0.4, -0.2) is 15.6 Å². The third kappa shape index (κ3) is 1.33. The molecular weight excluding hydrogens is 140 g/mol. The molecule has 1 fully saturated rings. The van der Waals surface area contributed by atoms with Crippen LogP contribution in [0.1, 0.15) is 13.8 Å². The van der Waals surface area contributed by atoms with Gasteiger partial charge in [0.25, 0.3) is 0 Å². The second-order valence-electron chi connectivity index (χ2n) is 2.25. The fourth-order valence-corrected chi connectivity index (χ4v) is 4.66. The Kier molecular flexibility index (Phi) is 2.12. The van der Waals surface area contributed by atoms with Crippen LogP contribution in [0.15, 0.2) is 0 Å². The van der Waals surface area contributed by atoms with Gasteiger partial charge in [0.1, 0.15) is 5.75 Å². The maximum Gasteiger partial charge on any atom is 0.121 e. The molecule has 0 radical (unpaired) electrons. The van der Waals surface area contributed by atoms with Crippen molar-refractivity contribution in [3.63, 3.8) is 0 Å². The smallest absolute Gasteiger partial charge is 0.121 e. The Labute approximate surface area is 56.8 Å². The lowest BCUT2D eigenvalue weighted by Crippen LogP contribution is -2.05. The van der Waals surface area contributed by atoms with Crippen molar-refractivity contribution in [1.82, 2.24) is 0 Å². The van der Waals surface area contributed by atoms with E-state index in [0.29, 0.717) is 11.2 Å². The zero-order chi connectivity index (χ0) is 6.15. The summed E-state index contributed by atoms with van der Waals surface area (Å²) < 4.78 is 10.7. The van der Waals surface area contributed by atoms with Crippen molar-refractivity contribution < 1.29 is 4.55 Å². The molecule has 0 amide bonds. The molecule has 1 rings (SSSR count). The van der Waals surface area contributed by atoms with Gasteiger partial charge in [0.2, 0.25) is 0 Å². The lowest BCUT2D eigenvalue weighted by Gasteiger charge is -1.97. The maximum atomic E-state index is 10.7. The molecule has 1 nitrogen and oxygen atoms in total. The second kappa shape index (κ2) is 2.50. The molecule has 1 aliphatic rings. The largest absolute Gasteiger partial charge is 0.605 e. The summed E-state index contributed by atoms with van der Waals surface area (Å²) in [6, 6.07) is 0. The molecule has 0 spiro atoms. The molecule has 48 valence electrons. The fraction of sp³-hybridized carbons (Fsp3) is 1.00. The van der Waals surface area contributed by atoms with E-state index in [-0.39, 0.29) is 0 Å². The minimum Gasteiger partial charge on any atom is -0.605 e. The highest BCUT2D eigenvalue weighted by Crippen LogP contribution is 2.34. The van der Waals surface area contributed by atoms with Gasteiger partial charge in [0.05, 0.1) is 16.0 Å². The predicted octanol–water partition coefficient (Wildman–Crippen LogP) is 1.42. The molecule has 0 aromatic carbocycles. The van der Waals surface area contributed by atoms with E-state index in [1.54, 1.807) is 10.8 Å². The van der Waals surface area contributed by atoms with Crippen molar-refractivity contribution in [2.24, 2.45) is 5.92 Å². The Morgan fingerprint density at radius 2 is 2.25 bits per heavy atom. The van der Waals surface area contributed by atoms with Crippen LogP contribution in [0, 0.1) is 5.92 Å². The average Bonchev–Trinajstić information content (AvgIpc) is 1.85. The standard InChI is InChI=1S/C5H10OS2/c1-4-3-8(6)7-5(4)2/h4-5H,3H2,1-2H3. The lowest BCUT2D eigenvalue weighted by atomic mass is 10.1. The Morgan fingerprint density at radius 3 is 2.38 bits per heavy atom. The molecule has 0 bridgehead atoms. The van der Waals surface area contributed by atoms with Crippen LogP contribution in [-0.2, 0) is 10.2 Å². The van der Waals surface area contributed by atoms with Crippen LogP contribution in [0.5, 0.6) is 0 Å². The summed E-state index contributed by atoms with van der Waals surface area (Å²) in [5.74, 6) is 1.55. The van der Waals surface area contributed by atoms with Gasteiger partial charge < -0.3 is 4.55 Å². The van der Waals surface area contributed by atoms with Crippen molar-refractivity contribution in [2.45, 2.75) is 19.1 Å². The van der Waals surface area contributed by atoms with Crippen LogP contribution in [0.4, 0.5) is 0 Å². The summed E-state index contributed by atoms with van der Waals surface area (Å²) in [6.07, 6.45) is 0. The van der Waals surface area contributed by atoms with Crippen molar-refractivity contribution in [1.29, 1.82) is 0 Å².